The van der Waals surface area contributed by atoms with Crippen LogP contribution in [0.4, 0.5) is 0 Å². The Morgan fingerprint density at radius 3 is 2.55 bits per heavy atom. The highest BCUT2D eigenvalue weighted by molar-refractivity contribution is 5.90. The van der Waals surface area contributed by atoms with Gasteiger partial charge in [-0.1, -0.05) is 55.1 Å². The molecule has 0 spiro atoms. The topological polar surface area (TPSA) is 39.2 Å². The average Bonchev–Trinajstić information content (AvgIpc) is 2.92. The molecule has 1 unspecified atom stereocenters. The molecule has 2 heteroatoms. The molecule has 0 saturated carbocycles. The van der Waals surface area contributed by atoms with Crippen molar-refractivity contribution in [3.05, 3.63) is 78.6 Å². The van der Waals surface area contributed by atoms with Gasteiger partial charge in [-0.3, -0.25) is 0 Å². The van der Waals surface area contributed by atoms with Crippen molar-refractivity contribution in [2.24, 2.45) is 5.73 Å². The van der Waals surface area contributed by atoms with Gasteiger partial charge in [-0.25, -0.2) is 0 Å². The molecule has 2 nitrogen and oxygen atoms in total. The quantitative estimate of drug-likeness (QED) is 0.750. The van der Waals surface area contributed by atoms with Crippen LogP contribution in [0, 0.1) is 0 Å². The third-order valence-electron chi connectivity index (χ3n) is 3.56. The number of hydrogen-bond acceptors (Lipinski definition) is 2. The lowest BCUT2D eigenvalue weighted by Crippen LogP contribution is -2.10. The third kappa shape index (κ3) is 2.38. The predicted molar refractivity (Wildman–Crippen MR) is 83.2 cm³/mol. The Bertz CT molecular complexity index is 727. The van der Waals surface area contributed by atoms with Gasteiger partial charge in [-0.05, 0) is 23.6 Å². The van der Waals surface area contributed by atoms with E-state index in [4.69, 9.17) is 10.2 Å². The zero-order valence-corrected chi connectivity index (χ0v) is 11.3. The zero-order valence-electron chi connectivity index (χ0n) is 11.3. The van der Waals surface area contributed by atoms with Gasteiger partial charge < -0.3 is 10.2 Å². The summed E-state index contributed by atoms with van der Waals surface area (Å²) in [7, 11) is 0. The standard InChI is InChI=1S/C18H17NO/c1-13(11-17(19)14-7-3-2-4-8-14)16-12-20-18-10-6-5-9-15(16)18/h2-10,12,17H,1,11,19H2. The molecule has 0 saturated heterocycles. The molecule has 2 aromatic carbocycles. The molecule has 0 amide bonds. The van der Waals surface area contributed by atoms with Crippen molar-refractivity contribution in [1.82, 2.24) is 0 Å². The largest absolute Gasteiger partial charge is 0.464 e. The summed E-state index contributed by atoms with van der Waals surface area (Å²) in [5.41, 5.74) is 10.3. The van der Waals surface area contributed by atoms with Crippen molar-refractivity contribution in [1.29, 1.82) is 0 Å². The maximum atomic E-state index is 6.25. The van der Waals surface area contributed by atoms with Gasteiger partial charge in [0.15, 0.2) is 0 Å². The van der Waals surface area contributed by atoms with E-state index in [1.807, 2.05) is 54.6 Å². The van der Waals surface area contributed by atoms with Crippen molar-refractivity contribution in [3.63, 3.8) is 0 Å². The van der Waals surface area contributed by atoms with Crippen molar-refractivity contribution >= 4 is 16.5 Å². The van der Waals surface area contributed by atoms with Crippen LogP contribution in [0.1, 0.15) is 23.6 Å². The van der Waals surface area contributed by atoms with Crippen LogP contribution >= 0.6 is 0 Å². The lowest BCUT2D eigenvalue weighted by molar-refractivity contribution is 0.614. The molecule has 0 aliphatic carbocycles. The van der Waals surface area contributed by atoms with E-state index < -0.39 is 0 Å². The van der Waals surface area contributed by atoms with E-state index in [9.17, 15) is 0 Å². The predicted octanol–water partition coefficient (Wildman–Crippen LogP) is 4.54. The Hall–Kier alpha value is -2.32. The molecule has 0 radical (unpaired) electrons. The van der Waals surface area contributed by atoms with Crippen molar-refractivity contribution in [3.8, 4) is 0 Å². The van der Waals surface area contributed by atoms with E-state index in [1.165, 1.54) is 0 Å². The molecule has 3 rings (SSSR count). The number of furan rings is 1. The van der Waals surface area contributed by atoms with Crippen LogP contribution in [-0.2, 0) is 0 Å². The normalized spacial score (nSPS) is 12.4. The van der Waals surface area contributed by atoms with Crippen molar-refractivity contribution < 1.29 is 4.42 Å². The molecular formula is C18H17NO. The number of fused-ring (bicyclic) bond motifs is 1. The van der Waals surface area contributed by atoms with Gasteiger partial charge in [0.1, 0.15) is 5.58 Å². The van der Waals surface area contributed by atoms with Gasteiger partial charge in [0, 0.05) is 17.0 Å². The number of hydrogen-bond donors (Lipinski definition) is 1. The second-order valence-electron chi connectivity index (χ2n) is 4.97. The summed E-state index contributed by atoms with van der Waals surface area (Å²) >= 11 is 0. The van der Waals surface area contributed by atoms with Gasteiger partial charge in [-0.15, -0.1) is 0 Å². The SMILES string of the molecule is C=C(CC(N)c1ccccc1)c1coc2ccccc12. The Morgan fingerprint density at radius 2 is 1.75 bits per heavy atom. The lowest BCUT2D eigenvalue weighted by atomic mass is 9.96. The molecule has 100 valence electrons. The molecule has 0 aliphatic heterocycles. The van der Waals surface area contributed by atoms with Gasteiger partial charge >= 0.3 is 0 Å². The summed E-state index contributed by atoms with van der Waals surface area (Å²) in [6, 6.07) is 18.0. The van der Waals surface area contributed by atoms with E-state index in [0.29, 0.717) is 6.42 Å². The Kier molecular flexibility index (Phi) is 3.40. The molecule has 0 aliphatic rings. The van der Waals surface area contributed by atoms with E-state index >= 15 is 0 Å². The maximum Gasteiger partial charge on any atom is 0.134 e. The van der Waals surface area contributed by atoms with E-state index in [2.05, 4.69) is 6.58 Å². The number of para-hydroxylation sites is 1. The fourth-order valence-corrected chi connectivity index (χ4v) is 2.45. The minimum Gasteiger partial charge on any atom is -0.464 e. The van der Waals surface area contributed by atoms with Gasteiger partial charge in [0.25, 0.3) is 0 Å². The fraction of sp³-hybridized carbons (Fsp3) is 0.111. The zero-order chi connectivity index (χ0) is 13.9. The van der Waals surface area contributed by atoms with E-state index in [0.717, 1.165) is 27.7 Å². The highest BCUT2D eigenvalue weighted by Gasteiger charge is 2.12. The fourth-order valence-electron chi connectivity index (χ4n) is 2.45. The van der Waals surface area contributed by atoms with Crippen LogP contribution in [-0.4, -0.2) is 0 Å². The van der Waals surface area contributed by atoms with E-state index in [1.54, 1.807) is 6.26 Å². The lowest BCUT2D eigenvalue weighted by Gasteiger charge is -2.13. The highest BCUT2D eigenvalue weighted by Crippen LogP contribution is 2.31. The molecule has 1 aromatic heterocycles. The minimum absolute atomic E-state index is 0.0441. The molecule has 0 fully saturated rings. The molecule has 3 aromatic rings. The van der Waals surface area contributed by atoms with E-state index in [-0.39, 0.29) is 6.04 Å². The molecule has 0 bridgehead atoms. The van der Waals surface area contributed by atoms with Crippen LogP contribution in [0.5, 0.6) is 0 Å². The first kappa shape index (κ1) is 12.7. The summed E-state index contributed by atoms with van der Waals surface area (Å²) in [4.78, 5) is 0. The number of benzene rings is 2. The van der Waals surface area contributed by atoms with Crippen LogP contribution in [0.2, 0.25) is 0 Å². The smallest absolute Gasteiger partial charge is 0.134 e. The first-order valence-electron chi connectivity index (χ1n) is 6.70. The van der Waals surface area contributed by atoms with Crippen LogP contribution in [0.15, 0.2) is 71.9 Å². The monoisotopic (exact) mass is 263 g/mol. The molecule has 20 heavy (non-hydrogen) atoms. The summed E-state index contributed by atoms with van der Waals surface area (Å²) in [6.07, 6.45) is 2.48. The number of nitrogens with two attached hydrogens (primary N) is 1. The Labute approximate surface area is 118 Å². The van der Waals surface area contributed by atoms with Crippen molar-refractivity contribution in [2.45, 2.75) is 12.5 Å². The molecule has 1 heterocycles. The number of rotatable bonds is 4. The second-order valence-corrected chi connectivity index (χ2v) is 4.97. The third-order valence-corrected chi connectivity index (χ3v) is 3.56. The summed E-state index contributed by atoms with van der Waals surface area (Å²) in [6.45, 7) is 4.17. The second kappa shape index (κ2) is 5.35. The first-order chi connectivity index (χ1) is 9.75. The Balaban J connectivity index is 1.83. The highest BCUT2D eigenvalue weighted by atomic mass is 16.3. The minimum atomic E-state index is -0.0441. The van der Waals surface area contributed by atoms with Crippen molar-refractivity contribution in [2.75, 3.05) is 0 Å². The molecule has 2 N–H and O–H groups in total. The van der Waals surface area contributed by atoms with Crippen LogP contribution in [0.25, 0.3) is 16.5 Å². The summed E-state index contributed by atoms with van der Waals surface area (Å²) in [5.74, 6) is 0. The maximum absolute atomic E-state index is 6.25. The molecular weight excluding hydrogens is 246 g/mol. The van der Waals surface area contributed by atoms with Crippen LogP contribution in [0.3, 0.4) is 0 Å². The Morgan fingerprint density at radius 1 is 1.05 bits per heavy atom. The van der Waals surface area contributed by atoms with Gasteiger partial charge in [0.2, 0.25) is 0 Å². The summed E-state index contributed by atoms with van der Waals surface area (Å²) < 4.78 is 5.56. The van der Waals surface area contributed by atoms with Crippen LogP contribution < -0.4 is 5.73 Å². The summed E-state index contributed by atoms with van der Waals surface area (Å²) in [5, 5.41) is 1.10. The first-order valence-corrected chi connectivity index (χ1v) is 6.70. The molecule has 1 atom stereocenters. The van der Waals surface area contributed by atoms with Gasteiger partial charge in [0.05, 0.1) is 6.26 Å². The van der Waals surface area contributed by atoms with Gasteiger partial charge in [-0.2, -0.15) is 0 Å². The average molecular weight is 263 g/mol.